The number of hydrogen-bond donors (Lipinski definition) is 1. The Morgan fingerprint density at radius 1 is 1.53 bits per heavy atom. The van der Waals surface area contributed by atoms with E-state index >= 15 is 0 Å². The van der Waals surface area contributed by atoms with Crippen LogP contribution >= 0.6 is 0 Å². The molecular formula is C11H20N2O3S. The Kier molecular flexibility index (Phi) is 3.20. The highest BCUT2D eigenvalue weighted by atomic mass is 32.2. The highest BCUT2D eigenvalue weighted by Crippen LogP contribution is 2.24. The van der Waals surface area contributed by atoms with Crippen LogP contribution in [-0.4, -0.2) is 49.5 Å². The summed E-state index contributed by atoms with van der Waals surface area (Å²) in [4.78, 5) is 13.9. The Morgan fingerprint density at radius 3 is 2.71 bits per heavy atom. The molecule has 2 rings (SSSR count). The lowest BCUT2D eigenvalue weighted by molar-refractivity contribution is -0.132. The molecule has 0 aromatic carbocycles. The van der Waals surface area contributed by atoms with Crippen LogP contribution in [0.5, 0.6) is 0 Å². The van der Waals surface area contributed by atoms with Crippen LogP contribution in [0.1, 0.15) is 26.7 Å². The Hall–Kier alpha value is -0.620. The van der Waals surface area contributed by atoms with Crippen molar-refractivity contribution in [1.82, 2.24) is 10.2 Å². The van der Waals surface area contributed by atoms with E-state index in [9.17, 15) is 13.2 Å². The van der Waals surface area contributed by atoms with Gasteiger partial charge in [0.1, 0.15) is 0 Å². The smallest absolute Gasteiger partial charge is 0.243 e. The summed E-state index contributed by atoms with van der Waals surface area (Å²) in [5.41, 5.74) is -0.461. The fourth-order valence-corrected chi connectivity index (χ4v) is 4.37. The summed E-state index contributed by atoms with van der Waals surface area (Å²) in [6.07, 6.45) is 1.44. The van der Waals surface area contributed by atoms with Crippen LogP contribution in [-0.2, 0) is 14.6 Å². The molecule has 17 heavy (non-hydrogen) atoms. The monoisotopic (exact) mass is 260 g/mol. The van der Waals surface area contributed by atoms with Crippen molar-refractivity contribution >= 4 is 15.7 Å². The summed E-state index contributed by atoms with van der Waals surface area (Å²) in [7, 11) is -2.85. The molecule has 2 atom stereocenters. The van der Waals surface area contributed by atoms with E-state index in [1.165, 1.54) is 0 Å². The molecule has 2 saturated heterocycles. The molecule has 0 bridgehead atoms. The second-order valence-electron chi connectivity index (χ2n) is 5.32. The van der Waals surface area contributed by atoms with Gasteiger partial charge in [0.15, 0.2) is 9.84 Å². The number of carbonyl (C=O) groups is 1. The van der Waals surface area contributed by atoms with E-state index in [0.29, 0.717) is 19.6 Å². The van der Waals surface area contributed by atoms with Crippen LogP contribution in [0, 0.1) is 5.92 Å². The normalized spacial score (nSPS) is 36.7. The third-order valence-electron chi connectivity index (χ3n) is 3.93. The van der Waals surface area contributed by atoms with Gasteiger partial charge in [-0.3, -0.25) is 10.1 Å². The summed E-state index contributed by atoms with van der Waals surface area (Å²) in [6.45, 7) is 5.00. The second kappa shape index (κ2) is 4.24. The van der Waals surface area contributed by atoms with Crippen LogP contribution in [0.3, 0.4) is 0 Å². The molecule has 0 radical (unpaired) electrons. The zero-order chi connectivity index (χ0) is 12.7. The van der Waals surface area contributed by atoms with Crippen molar-refractivity contribution in [3.8, 4) is 0 Å². The highest BCUT2D eigenvalue weighted by molar-refractivity contribution is 7.91. The first-order chi connectivity index (χ1) is 7.86. The third-order valence-corrected chi connectivity index (χ3v) is 5.77. The summed E-state index contributed by atoms with van der Waals surface area (Å²) in [6, 6.07) is 0. The van der Waals surface area contributed by atoms with E-state index in [2.05, 4.69) is 5.32 Å². The molecule has 0 aromatic heterocycles. The average Bonchev–Trinajstić information content (AvgIpc) is 2.74. The summed E-state index contributed by atoms with van der Waals surface area (Å²) in [5.74, 6) is 0.729. The molecule has 1 amide bonds. The summed E-state index contributed by atoms with van der Waals surface area (Å²) in [5, 5.41) is 3.20. The van der Waals surface area contributed by atoms with Gasteiger partial charge in [0, 0.05) is 6.54 Å². The molecule has 1 N–H and O–H groups in total. The molecule has 0 aromatic rings. The first kappa shape index (κ1) is 12.8. The first-order valence-electron chi connectivity index (χ1n) is 6.11. The van der Waals surface area contributed by atoms with Gasteiger partial charge in [-0.05, 0) is 25.7 Å². The van der Waals surface area contributed by atoms with Crippen LogP contribution in [0.15, 0.2) is 0 Å². The van der Waals surface area contributed by atoms with Crippen LogP contribution in [0.4, 0.5) is 0 Å². The van der Waals surface area contributed by atoms with Crippen LogP contribution < -0.4 is 5.32 Å². The van der Waals surface area contributed by atoms with E-state index in [-0.39, 0.29) is 23.3 Å². The lowest BCUT2D eigenvalue weighted by Crippen LogP contribution is -2.43. The predicted octanol–water partition coefficient (Wildman–Crippen LogP) is -0.0209. The number of hydrogen-bond acceptors (Lipinski definition) is 4. The van der Waals surface area contributed by atoms with Crippen LogP contribution in [0.25, 0.3) is 0 Å². The van der Waals surface area contributed by atoms with E-state index in [1.54, 1.807) is 4.90 Å². The summed E-state index contributed by atoms with van der Waals surface area (Å²) < 4.78 is 22.7. The largest absolute Gasteiger partial charge is 0.328 e. The van der Waals surface area contributed by atoms with Gasteiger partial charge in [0.05, 0.1) is 23.7 Å². The van der Waals surface area contributed by atoms with Gasteiger partial charge in [0.25, 0.3) is 0 Å². The van der Waals surface area contributed by atoms with E-state index in [4.69, 9.17) is 0 Å². The van der Waals surface area contributed by atoms with Gasteiger partial charge >= 0.3 is 0 Å². The average molecular weight is 260 g/mol. The van der Waals surface area contributed by atoms with E-state index in [1.807, 2.05) is 13.8 Å². The van der Waals surface area contributed by atoms with E-state index < -0.39 is 15.4 Å². The Balaban J connectivity index is 1.96. The SMILES string of the molecule is CCC1(C)NCN(CC2CCS(=O)(=O)C2)C1=O. The molecule has 98 valence electrons. The zero-order valence-corrected chi connectivity index (χ0v) is 11.2. The van der Waals surface area contributed by atoms with Gasteiger partial charge < -0.3 is 4.90 Å². The van der Waals surface area contributed by atoms with Crippen molar-refractivity contribution in [2.45, 2.75) is 32.2 Å². The van der Waals surface area contributed by atoms with E-state index in [0.717, 1.165) is 6.42 Å². The fraction of sp³-hybridized carbons (Fsp3) is 0.909. The molecule has 6 heteroatoms. The molecule has 5 nitrogen and oxygen atoms in total. The number of sulfone groups is 1. The molecule has 2 unspecified atom stereocenters. The Labute approximate surface area is 102 Å². The topological polar surface area (TPSA) is 66.5 Å². The minimum atomic E-state index is -2.85. The molecule has 2 aliphatic heterocycles. The standard InChI is InChI=1S/C11H20N2O3S/c1-3-11(2)10(14)13(8-12-11)6-9-4-5-17(15,16)7-9/h9,12H,3-8H2,1-2H3. The molecule has 0 aliphatic carbocycles. The number of nitrogens with one attached hydrogen (secondary N) is 1. The van der Waals surface area contributed by atoms with Crippen molar-refractivity contribution in [3.63, 3.8) is 0 Å². The number of rotatable bonds is 3. The van der Waals surface area contributed by atoms with Crippen molar-refractivity contribution < 1.29 is 13.2 Å². The summed E-state index contributed by atoms with van der Waals surface area (Å²) >= 11 is 0. The number of nitrogens with zero attached hydrogens (tertiary/aromatic N) is 1. The van der Waals surface area contributed by atoms with Crippen molar-refractivity contribution in [2.75, 3.05) is 24.7 Å². The van der Waals surface area contributed by atoms with Crippen molar-refractivity contribution in [3.05, 3.63) is 0 Å². The predicted molar refractivity (Wildman–Crippen MR) is 65.2 cm³/mol. The molecule has 0 spiro atoms. The van der Waals surface area contributed by atoms with Gasteiger partial charge in [-0.15, -0.1) is 0 Å². The van der Waals surface area contributed by atoms with Gasteiger partial charge in [0.2, 0.25) is 5.91 Å². The molecule has 0 saturated carbocycles. The molecular weight excluding hydrogens is 240 g/mol. The van der Waals surface area contributed by atoms with Gasteiger partial charge in [-0.25, -0.2) is 8.42 Å². The van der Waals surface area contributed by atoms with Gasteiger partial charge in [-0.1, -0.05) is 6.92 Å². The lowest BCUT2D eigenvalue weighted by Gasteiger charge is -2.22. The molecule has 2 fully saturated rings. The molecule has 2 aliphatic rings. The highest BCUT2D eigenvalue weighted by Gasteiger charge is 2.42. The second-order valence-corrected chi connectivity index (χ2v) is 7.55. The maximum atomic E-state index is 12.1. The van der Waals surface area contributed by atoms with Gasteiger partial charge in [-0.2, -0.15) is 0 Å². The Bertz CT molecular complexity index is 420. The number of carbonyl (C=O) groups excluding carboxylic acids is 1. The quantitative estimate of drug-likeness (QED) is 0.774. The zero-order valence-electron chi connectivity index (χ0n) is 10.4. The maximum Gasteiger partial charge on any atom is 0.243 e. The lowest BCUT2D eigenvalue weighted by atomic mass is 9.99. The minimum Gasteiger partial charge on any atom is -0.328 e. The fourth-order valence-electron chi connectivity index (χ4n) is 2.52. The minimum absolute atomic E-state index is 0.101. The third kappa shape index (κ3) is 2.47. The van der Waals surface area contributed by atoms with Crippen molar-refractivity contribution in [1.29, 1.82) is 0 Å². The van der Waals surface area contributed by atoms with Crippen molar-refractivity contribution in [2.24, 2.45) is 5.92 Å². The number of amides is 1. The first-order valence-corrected chi connectivity index (χ1v) is 7.93. The molecule has 2 heterocycles. The van der Waals surface area contributed by atoms with Crippen LogP contribution in [0.2, 0.25) is 0 Å². The maximum absolute atomic E-state index is 12.1. The Morgan fingerprint density at radius 2 is 2.24 bits per heavy atom.